The van der Waals surface area contributed by atoms with E-state index in [4.69, 9.17) is 24.4 Å². The molecule has 0 spiro atoms. The van der Waals surface area contributed by atoms with E-state index >= 15 is 0 Å². The normalized spacial score (nSPS) is 18.3. The summed E-state index contributed by atoms with van der Waals surface area (Å²) in [5, 5.41) is 12.7. The molecule has 41 heavy (non-hydrogen) atoms. The van der Waals surface area contributed by atoms with Gasteiger partial charge in [0.05, 0.1) is 50.6 Å². The van der Waals surface area contributed by atoms with Crippen LogP contribution in [0.4, 0.5) is 5.95 Å². The van der Waals surface area contributed by atoms with Crippen molar-refractivity contribution < 1.29 is 9.47 Å². The quantitative estimate of drug-likeness (QED) is 0.293. The zero-order valence-corrected chi connectivity index (χ0v) is 22.9. The maximum Gasteiger partial charge on any atom is 0.225 e. The maximum atomic E-state index is 6.07. The van der Waals surface area contributed by atoms with E-state index in [0.717, 1.165) is 61.8 Å². The Morgan fingerprint density at radius 3 is 2.49 bits per heavy atom. The van der Waals surface area contributed by atoms with Gasteiger partial charge in [-0.3, -0.25) is 9.58 Å². The Hall–Kier alpha value is -4.33. The van der Waals surface area contributed by atoms with Gasteiger partial charge in [-0.2, -0.15) is 5.10 Å². The highest BCUT2D eigenvalue weighted by Gasteiger charge is 2.24. The third-order valence-electron chi connectivity index (χ3n) is 7.46. The van der Waals surface area contributed by atoms with Crippen LogP contribution in [0.25, 0.3) is 33.7 Å². The summed E-state index contributed by atoms with van der Waals surface area (Å²) in [4.78, 5) is 23.2. The van der Waals surface area contributed by atoms with Crippen molar-refractivity contribution in [2.24, 2.45) is 7.05 Å². The van der Waals surface area contributed by atoms with Gasteiger partial charge in [0.1, 0.15) is 0 Å². The number of ether oxygens (including phenoxy) is 2. The van der Waals surface area contributed by atoms with E-state index in [0.29, 0.717) is 36.9 Å². The van der Waals surface area contributed by atoms with Crippen LogP contribution in [0.2, 0.25) is 0 Å². The highest BCUT2D eigenvalue weighted by atomic mass is 16.5. The van der Waals surface area contributed by atoms with Crippen molar-refractivity contribution in [2.75, 3.05) is 50.9 Å². The molecule has 4 aromatic heterocycles. The van der Waals surface area contributed by atoms with Gasteiger partial charge >= 0.3 is 0 Å². The fourth-order valence-corrected chi connectivity index (χ4v) is 5.23. The smallest absolute Gasteiger partial charge is 0.225 e. The van der Waals surface area contributed by atoms with E-state index in [1.54, 1.807) is 21.8 Å². The van der Waals surface area contributed by atoms with Gasteiger partial charge in [-0.1, -0.05) is 29.5 Å². The lowest BCUT2D eigenvalue weighted by Crippen LogP contribution is -2.45. The minimum Gasteiger partial charge on any atom is -0.379 e. The molecule has 2 aliphatic heterocycles. The van der Waals surface area contributed by atoms with Crippen molar-refractivity contribution in [3.05, 3.63) is 60.8 Å². The third kappa shape index (κ3) is 5.64. The Bertz CT molecular complexity index is 1610. The number of benzene rings is 1. The van der Waals surface area contributed by atoms with Gasteiger partial charge in [0.2, 0.25) is 11.6 Å². The van der Waals surface area contributed by atoms with Crippen molar-refractivity contribution >= 4 is 17.2 Å². The van der Waals surface area contributed by atoms with E-state index in [2.05, 4.69) is 54.5 Å². The summed E-state index contributed by atoms with van der Waals surface area (Å²) in [6.45, 7) is 6.94. The first-order valence-corrected chi connectivity index (χ1v) is 13.8. The Labute approximate surface area is 236 Å². The van der Waals surface area contributed by atoms with Gasteiger partial charge in [0.25, 0.3) is 0 Å². The fraction of sp³-hybridized carbons (Fsp3) is 0.393. The number of hydrogen-bond acceptors (Lipinski definition) is 11. The minimum absolute atomic E-state index is 0.125. The van der Waals surface area contributed by atoms with Crippen molar-refractivity contribution in [1.82, 2.24) is 49.6 Å². The molecule has 0 amide bonds. The van der Waals surface area contributed by atoms with E-state index in [1.807, 2.05) is 25.6 Å². The van der Waals surface area contributed by atoms with Crippen molar-refractivity contribution in [3.8, 4) is 22.4 Å². The molecular formula is C28H31N11O2. The van der Waals surface area contributed by atoms with Gasteiger partial charge < -0.3 is 14.4 Å². The Kier molecular flexibility index (Phi) is 7.05. The van der Waals surface area contributed by atoms with Crippen LogP contribution in [-0.4, -0.2) is 102 Å². The van der Waals surface area contributed by atoms with Crippen LogP contribution in [0, 0.1) is 0 Å². The summed E-state index contributed by atoms with van der Waals surface area (Å²) >= 11 is 0. The predicted octanol–water partition coefficient (Wildman–Crippen LogP) is 1.82. The van der Waals surface area contributed by atoms with Crippen LogP contribution < -0.4 is 4.90 Å². The summed E-state index contributed by atoms with van der Waals surface area (Å²) < 4.78 is 15.0. The van der Waals surface area contributed by atoms with E-state index in [9.17, 15) is 0 Å². The standard InChI is InChI=1S/C28H31N11O2/c1-36-17-23(14-32-36)25-15-29-26-27(33-25)39(35-34-26)19-24-18-38(8-11-41-24)28-30-12-22(13-31-28)21-4-2-20(3-5-21)16-37-6-9-40-10-7-37/h2-5,12-15,17,24H,6-11,16,18-19H2,1H3. The fourth-order valence-electron chi connectivity index (χ4n) is 5.23. The highest BCUT2D eigenvalue weighted by Crippen LogP contribution is 2.22. The number of nitrogens with zero attached hydrogens (tertiary/aromatic N) is 11. The van der Waals surface area contributed by atoms with Gasteiger partial charge in [-0.25, -0.2) is 24.6 Å². The van der Waals surface area contributed by atoms with Crippen molar-refractivity contribution in [2.45, 2.75) is 19.2 Å². The first-order valence-electron chi connectivity index (χ1n) is 13.8. The highest BCUT2D eigenvalue weighted by molar-refractivity contribution is 5.69. The van der Waals surface area contributed by atoms with Gasteiger partial charge in [0, 0.05) is 69.5 Å². The summed E-state index contributed by atoms with van der Waals surface area (Å²) in [6.07, 6.45) is 9.02. The molecule has 0 aliphatic carbocycles. The molecule has 5 aromatic rings. The molecule has 2 fully saturated rings. The van der Waals surface area contributed by atoms with E-state index in [-0.39, 0.29) is 6.10 Å². The first kappa shape index (κ1) is 25.6. The zero-order chi connectivity index (χ0) is 27.6. The number of fused-ring (bicyclic) bond motifs is 1. The van der Waals surface area contributed by atoms with Gasteiger partial charge in [0.15, 0.2) is 5.65 Å². The molecule has 0 bridgehead atoms. The number of morpholine rings is 2. The molecular weight excluding hydrogens is 522 g/mol. The second kappa shape index (κ2) is 11.3. The number of anilines is 1. The Morgan fingerprint density at radius 1 is 0.878 bits per heavy atom. The number of hydrogen-bond donors (Lipinski definition) is 0. The minimum atomic E-state index is -0.125. The van der Waals surface area contributed by atoms with Gasteiger partial charge in [-0.05, 0) is 11.1 Å². The summed E-state index contributed by atoms with van der Waals surface area (Å²) in [6, 6.07) is 8.65. The summed E-state index contributed by atoms with van der Waals surface area (Å²) in [5.74, 6) is 0.688. The Balaban J connectivity index is 1.01. The second-order valence-electron chi connectivity index (χ2n) is 10.4. The van der Waals surface area contributed by atoms with E-state index < -0.39 is 0 Å². The molecule has 210 valence electrons. The molecule has 13 heteroatoms. The predicted molar refractivity (Wildman–Crippen MR) is 151 cm³/mol. The van der Waals surface area contributed by atoms with Crippen LogP contribution in [0.15, 0.2) is 55.2 Å². The molecule has 2 saturated heterocycles. The largest absolute Gasteiger partial charge is 0.379 e. The lowest BCUT2D eigenvalue weighted by molar-refractivity contribution is 0.0273. The molecule has 7 rings (SSSR count). The average Bonchev–Trinajstić information content (AvgIpc) is 3.64. The molecule has 13 nitrogen and oxygen atoms in total. The van der Waals surface area contributed by atoms with Crippen LogP contribution >= 0.6 is 0 Å². The van der Waals surface area contributed by atoms with Crippen LogP contribution in [0.1, 0.15) is 5.56 Å². The zero-order valence-electron chi connectivity index (χ0n) is 22.9. The number of aryl methyl sites for hydroxylation is 1. The lowest BCUT2D eigenvalue weighted by atomic mass is 10.1. The molecule has 6 heterocycles. The first-order chi connectivity index (χ1) is 20.2. The SMILES string of the molecule is Cn1cc(-c2cnc3nnn(CC4CN(c5ncc(-c6ccc(CN7CCOCC7)cc6)cn5)CCO4)c3n2)cn1. The second-order valence-corrected chi connectivity index (χ2v) is 10.4. The molecule has 1 unspecified atom stereocenters. The summed E-state index contributed by atoms with van der Waals surface area (Å²) in [5.41, 5.74) is 6.12. The van der Waals surface area contributed by atoms with Crippen molar-refractivity contribution in [1.29, 1.82) is 0 Å². The van der Waals surface area contributed by atoms with Crippen molar-refractivity contribution in [3.63, 3.8) is 0 Å². The molecule has 0 N–H and O–H groups in total. The molecule has 1 aromatic carbocycles. The van der Waals surface area contributed by atoms with Crippen LogP contribution in [-0.2, 0) is 29.6 Å². The molecule has 2 aliphatic rings. The van der Waals surface area contributed by atoms with Gasteiger partial charge in [-0.15, -0.1) is 5.10 Å². The molecule has 0 saturated carbocycles. The maximum absolute atomic E-state index is 6.07. The summed E-state index contributed by atoms with van der Waals surface area (Å²) in [7, 11) is 1.87. The Morgan fingerprint density at radius 2 is 1.71 bits per heavy atom. The molecule has 0 radical (unpaired) electrons. The third-order valence-corrected chi connectivity index (χ3v) is 7.46. The number of rotatable bonds is 7. The lowest BCUT2D eigenvalue weighted by Gasteiger charge is -2.32. The van der Waals surface area contributed by atoms with Crippen LogP contribution in [0.5, 0.6) is 0 Å². The monoisotopic (exact) mass is 553 g/mol. The molecule has 1 atom stereocenters. The average molecular weight is 554 g/mol. The van der Waals surface area contributed by atoms with E-state index in [1.165, 1.54) is 5.56 Å². The van der Waals surface area contributed by atoms with Crippen LogP contribution in [0.3, 0.4) is 0 Å². The topological polar surface area (TPSA) is 125 Å². The number of aromatic nitrogens is 9.